The lowest BCUT2D eigenvalue weighted by molar-refractivity contribution is 0.217. The molecule has 0 aliphatic heterocycles. The van der Waals surface area contributed by atoms with Crippen LogP contribution in [0.1, 0.15) is 25.8 Å². The Bertz CT molecular complexity index is 780. The molecular weight excluding hydrogens is 306 g/mol. The Morgan fingerprint density at radius 2 is 2.00 bits per heavy atom. The third kappa shape index (κ3) is 3.87. The van der Waals surface area contributed by atoms with Gasteiger partial charge in [-0.3, -0.25) is 5.43 Å². The summed E-state index contributed by atoms with van der Waals surface area (Å²) >= 11 is 1.58. The summed E-state index contributed by atoms with van der Waals surface area (Å²) in [6.45, 7) is 4.17. The zero-order valence-corrected chi connectivity index (χ0v) is 14.0. The zero-order chi connectivity index (χ0) is 16.1. The maximum Gasteiger partial charge on any atom is 0.204 e. The number of thiazole rings is 1. The number of nitrogens with one attached hydrogen (secondary N) is 1. The second-order valence-electron chi connectivity index (χ2n) is 5.23. The van der Waals surface area contributed by atoms with Gasteiger partial charge in [-0.1, -0.05) is 42.5 Å². The molecule has 0 spiro atoms. The number of rotatable bonds is 6. The molecule has 23 heavy (non-hydrogen) atoms. The molecule has 0 aliphatic rings. The number of benzene rings is 2. The van der Waals surface area contributed by atoms with Gasteiger partial charge in [-0.2, -0.15) is 5.10 Å². The topological polar surface area (TPSA) is 46.5 Å². The van der Waals surface area contributed by atoms with Crippen molar-refractivity contribution in [2.24, 2.45) is 5.10 Å². The highest BCUT2D eigenvalue weighted by atomic mass is 32.1. The van der Waals surface area contributed by atoms with Gasteiger partial charge >= 0.3 is 0 Å². The van der Waals surface area contributed by atoms with E-state index in [1.807, 2.05) is 42.5 Å². The molecule has 1 N–H and O–H groups in total. The highest BCUT2D eigenvalue weighted by Crippen LogP contribution is 2.25. The first-order valence-corrected chi connectivity index (χ1v) is 8.48. The van der Waals surface area contributed by atoms with Crippen molar-refractivity contribution in [3.63, 3.8) is 0 Å². The number of nitrogens with zero attached hydrogens (tertiary/aromatic N) is 2. The van der Waals surface area contributed by atoms with Crippen molar-refractivity contribution in [3.05, 3.63) is 54.1 Å². The minimum absolute atomic E-state index is 0.182. The van der Waals surface area contributed by atoms with Gasteiger partial charge in [0.05, 0.1) is 22.5 Å². The van der Waals surface area contributed by atoms with Gasteiger partial charge in [0.2, 0.25) is 5.13 Å². The molecule has 1 atom stereocenters. The van der Waals surface area contributed by atoms with Gasteiger partial charge in [-0.15, -0.1) is 0 Å². The highest BCUT2D eigenvalue weighted by molar-refractivity contribution is 7.22. The number of hydrogen-bond acceptors (Lipinski definition) is 5. The first-order chi connectivity index (χ1) is 11.3. The monoisotopic (exact) mass is 325 g/mol. The third-order valence-corrected chi connectivity index (χ3v) is 4.42. The van der Waals surface area contributed by atoms with E-state index < -0.39 is 0 Å². The molecule has 5 heteroatoms. The second-order valence-corrected chi connectivity index (χ2v) is 6.26. The molecule has 0 fully saturated rings. The Kier molecular flexibility index (Phi) is 4.88. The lowest BCUT2D eigenvalue weighted by Gasteiger charge is -2.14. The van der Waals surface area contributed by atoms with Gasteiger partial charge in [0.25, 0.3) is 0 Å². The number of hydrazone groups is 1. The molecule has 1 aromatic heterocycles. The second kappa shape index (κ2) is 7.24. The van der Waals surface area contributed by atoms with Gasteiger partial charge < -0.3 is 4.74 Å². The molecular formula is C18H19N3OS. The fraction of sp³-hybridized carbons (Fsp3) is 0.222. The molecule has 1 heterocycles. The number of para-hydroxylation sites is 2. The summed E-state index contributed by atoms with van der Waals surface area (Å²) in [7, 11) is 0. The molecule has 0 saturated heterocycles. The summed E-state index contributed by atoms with van der Waals surface area (Å²) in [4.78, 5) is 4.49. The van der Waals surface area contributed by atoms with Gasteiger partial charge in [0.15, 0.2) is 0 Å². The maximum absolute atomic E-state index is 5.91. The highest BCUT2D eigenvalue weighted by Gasteiger charge is 2.05. The largest absolute Gasteiger partial charge is 0.490 e. The van der Waals surface area contributed by atoms with Crippen molar-refractivity contribution in [3.8, 4) is 5.75 Å². The average Bonchev–Trinajstić information content (AvgIpc) is 2.99. The van der Waals surface area contributed by atoms with E-state index in [9.17, 15) is 0 Å². The molecule has 3 aromatic rings. The number of hydrogen-bond donors (Lipinski definition) is 1. The number of ether oxygens (including phenoxy) is 1. The zero-order valence-electron chi connectivity index (χ0n) is 13.2. The molecule has 0 radical (unpaired) electrons. The number of aromatic nitrogens is 1. The van der Waals surface area contributed by atoms with Crippen LogP contribution < -0.4 is 10.2 Å². The molecule has 4 nitrogen and oxygen atoms in total. The summed E-state index contributed by atoms with van der Waals surface area (Å²) in [6, 6.07) is 15.9. The van der Waals surface area contributed by atoms with E-state index in [4.69, 9.17) is 4.74 Å². The normalized spacial score (nSPS) is 12.6. The van der Waals surface area contributed by atoms with Gasteiger partial charge in [0, 0.05) is 5.56 Å². The minimum Gasteiger partial charge on any atom is -0.490 e. The number of fused-ring (bicyclic) bond motifs is 1. The van der Waals surface area contributed by atoms with Crippen LogP contribution in [-0.2, 0) is 0 Å². The summed E-state index contributed by atoms with van der Waals surface area (Å²) in [5.41, 5.74) is 4.93. The summed E-state index contributed by atoms with van der Waals surface area (Å²) in [6.07, 6.45) is 2.92. The molecule has 0 amide bonds. The maximum atomic E-state index is 5.91. The molecule has 0 bridgehead atoms. The van der Waals surface area contributed by atoms with E-state index in [0.717, 1.165) is 33.1 Å². The van der Waals surface area contributed by atoms with Crippen molar-refractivity contribution < 1.29 is 4.74 Å². The van der Waals surface area contributed by atoms with Crippen LogP contribution in [0.5, 0.6) is 5.75 Å². The van der Waals surface area contributed by atoms with Crippen LogP contribution in [0.25, 0.3) is 10.2 Å². The fourth-order valence-electron chi connectivity index (χ4n) is 2.07. The first kappa shape index (κ1) is 15.5. The van der Waals surface area contributed by atoms with Crippen molar-refractivity contribution in [2.45, 2.75) is 26.4 Å². The van der Waals surface area contributed by atoms with E-state index >= 15 is 0 Å². The van der Waals surface area contributed by atoms with Crippen LogP contribution in [0.15, 0.2) is 53.6 Å². The SMILES string of the molecule is CC[C@H](C)Oc1ccccc1/C=N\Nc1nc2ccccc2s1. The molecule has 0 aliphatic carbocycles. The van der Waals surface area contributed by atoms with Crippen LogP contribution in [0, 0.1) is 0 Å². The Labute approximate surface area is 139 Å². The predicted octanol–water partition coefficient (Wildman–Crippen LogP) is 4.92. The summed E-state index contributed by atoms with van der Waals surface area (Å²) in [5, 5.41) is 5.07. The first-order valence-electron chi connectivity index (χ1n) is 7.66. The quantitative estimate of drug-likeness (QED) is 0.517. The van der Waals surface area contributed by atoms with Crippen LogP contribution in [-0.4, -0.2) is 17.3 Å². The Morgan fingerprint density at radius 3 is 2.83 bits per heavy atom. The lowest BCUT2D eigenvalue weighted by atomic mass is 10.2. The van der Waals surface area contributed by atoms with Gasteiger partial charge in [-0.25, -0.2) is 4.98 Å². The number of anilines is 1. The van der Waals surface area contributed by atoms with Crippen molar-refractivity contribution in [1.29, 1.82) is 0 Å². The van der Waals surface area contributed by atoms with E-state index in [-0.39, 0.29) is 6.10 Å². The summed E-state index contributed by atoms with van der Waals surface area (Å²) < 4.78 is 7.06. The Balaban J connectivity index is 1.72. The molecule has 2 aromatic carbocycles. The van der Waals surface area contributed by atoms with Gasteiger partial charge in [0.1, 0.15) is 5.75 Å². The van der Waals surface area contributed by atoms with E-state index in [1.165, 1.54) is 0 Å². The lowest BCUT2D eigenvalue weighted by Crippen LogP contribution is -2.11. The van der Waals surface area contributed by atoms with Crippen molar-refractivity contribution >= 4 is 32.9 Å². The van der Waals surface area contributed by atoms with Crippen molar-refractivity contribution in [2.75, 3.05) is 5.43 Å². The van der Waals surface area contributed by atoms with E-state index in [2.05, 4.69) is 35.4 Å². The van der Waals surface area contributed by atoms with Crippen LogP contribution in [0.2, 0.25) is 0 Å². The van der Waals surface area contributed by atoms with E-state index in [1.54, 1.807) is 17.6 Å². The smallest absolute Gasteiger partial charge is 0.204 e. The molecule has 3 rings (SSSR count). The van der Waals surface area contributed by atoms with Gasteiger partial charge in [-0.05, 0) is 37.6 Å². The standard InChI is InChI=1S/C18H19N3OS/c1-3-13(2)22-16-10-6-4-8-14(16)12-19-21-18-20-15-9-5-7-11-17(15)23-18/h4-13H,3H2,1-2H3,(H,20,21)/b19-12-/t13-/m0/s1. The van der Waals surface area contributed by atoms with Crippen molar-refractivity contribution in [1.82, 2.24) is 4.98 Å². The van der Waals surface area contributed by atoms with Crippen LogP contribution in [0.4, 0.5) is 5.13 Å². The fourth-order valence-corrected chi connectivity index (χ4v) is 2.89. The molecule has 118 valence electrons. The Hall–Kier alpha value is -2.40. The van der Waals surface area contributed by atoms with Crippen LogP contribution >= 0.6 is 11.3 Å². The molecule has 0 unspecified atom stereocenters. The van der Waals surface area contributed by atoms with Crippen LogP contribution in [0.3, 0.4) is 0 Å². The van der Waals surface area contributed by atoms with E-state index in [0.29, 0.717) is 0 Å². The molecule has 0 saturated carbocycles. The third-order valence-electron chi connectivity index (χ3n) is 3.48. The summed E-state index contributed by atoms with van der Waals surface area (Å²) in [5.74, 6) is 0.844. The average molecular weight is 325 g/mol. The predicted molar refractivity (Wildman–Crippen MR) is 97.7 cm³/mol. The Morgan fingerprint density at radius 1 is 1.22 bits per heavy atom. The minimum atomic E-state index is 0.182.